The van der Waals surface area contributed by atoms with E-state index in [4.69, 9.17) is 33.3 Å². The molecule has 2 aromatic carbocycles. The maximum absolute atomic E-state index is 5.85. The number of hydrogen-bond donors (Lipinski definition) is 1. The minimum absolute atomic E-state index is 0.608. The lowest BCUT2D eigenvalue weighted by molar-refractivity contribution is 0.355. The Hall–Kier alpha value is -2.04. The van der Waals surface area contributed by atoms with Gasteiger partial charge in [0.2, 0.25) is 0 Å². The van der Waals surface area contributed by atoms with Crippen LogP contribution in [0.4, 0.5) is 5.69 Å². The van der Waals surface area contributed by atoms with Gasteiger partial charge in [0.15, 0.2) is 11.5 Å². The largest absolute Gasteiger partial charge is 0.493 e. The molecule has 5 heteroatoms. The van der Waals surface area contributed by atoms with Gasteiger partial charge in [0.25, 0.3) is 0 Å². The summed E-state index contributed by atoms with van der Waals surface area (Å²) in [5.74, 6) is 1.38. The second-order valence-electron chi connectivity index (χ2n) is 4.44. The molecule has 0 amide bonds. The Morgan fingerprint density at radius 1 is 1.05 bits per heavy atom. The van der Waals surface area contributed by atoms with Crippen molar-refractivity contribution in [1.82, 2.24) is 0 Å². The number of hydrogen-bond acceptors (Lipinski definition) is 3. The minimum Gasteiger partial charge on any atom is -0.493 e. The molecule has 0 fully saturated rings. The maximum Gasteiger partial charge on any atom is 0.161 e. The number of methoxy groups -OCH3 is 2. The van der Waals surface area contributed by atoms with Gasteiger partial charge in [0.05, 0.1) is 14.2 Å². The number of nitrogens with one attached hydrogen (secondary N) is 1. The highest BCUT2D eigenvalue weighted by atomic mass is 35.5. The van der Waals surface area contributed by atoms with Crippen LogP contribution in [0.25, 0.3) is 6.08 Å². The van der Waals surface area contributed by atoms with Crippen molar-refractivity contribution in [3.05, 3.63) is 59.1 Å². The minimum atomic E-state index is 0.608. The molecule has 0 unspecified atom stereocenters. The molecule has 2 aromatic rings. The van der Waals surface area contributed by atoms with Crippen molar-refractivity contribution < 1.29 is 9.47 Å². The van der Waals surface area contributed by atoms with Gasteiger partial charge in [-0.2, -0.15) is 0 Å². The van der Waals surface area contributed by atoms with E-state index in [2.05, 4.69) is 5.32 Å². The van der Waals surface area contributed by atoms with Crippen molar-refractivity contribution in [3.8, 4) is 11.5 Å². The summed E-state index contributed by atoms with van der Waals surface area (Å²) in [4.78, 5) is 0.608. The number of rotatable bonds is 5. The van der Waals surface area contributed by atoms with Crippen molar-refractivity contribution >= 4 is 40.6 Å². The molecule has 2 rings (SSSR count). The van der Waals surface area contributed by atoms with Gasteiger partial charge in [-0.1, -0.05) is 36.0 Å². The van der Waals surface area contributed by atoms with Crippen LogP contribution in [0.5, 0.6) is 11.5 Å². The Bertz CT molecular complexity index is 684. The van der Waals surface area contributed by atoms with E-state index in [9.17, 15) is 0 Å². The number of anilines is 1. The summed E-state index contributed by atoms with van der Waals surface area (Å²) in [6, 6.07) is 13.0. The van der Waals surface area contributed by atoms with Crippen LogP contribution in [-0.4, -0.2) is 19.2 Å². The number of benzene rings is 2. The predicted molar refractivity (Wildman–Crippen MR) is 96.3 cm³/mol. The highest BCUT2D eigenvalue weighted by molar-refractivity contribution is 7.81. The number of thiocarbonyl (C=S) groups is 1. The van der Waals surface area contributed by atoms with E-state index in [0.717, 1.165) is 11.3 Å². The highest BCUT2D eigenvalue weighted by Gasteiger charge is 2.02. The van der Waals surface area contributed by atoms with Gasteiger partial charge >= 0.3 is 0 Å². The topological polar surface area (TPSA) is 30.5 Å². The second kappa shape index (κ2) is 7.82. The first-order valence-corrected chi connectivity index (χ1v) is 7.37. The molecule has 0 saturated heterocycles. The van der Waals surface area contributed by atoms with Gasteiger partial charge in [-0.05, 0) is 48.0 Å². The fraction of sp³-hybridized carbons (Fsp3) is 0.118. The molecule has 114 valence electrons. The fourth-order valence-corrected chi connectivity index (χ4v) is 2.16. The normalized spacial score (nSPS) is 10.5. The molecule has 0 spiro atoms. The molecule has 0 heterocycles. The zero-order valence-electron chi connectivity index (χ0n) is 12.3. The maximum atomic E-state index is 5.85. The molecular weight excluding hydrogens is 318 g/mol. The fourth-order valence-electron chi connectivity index (χ4n) is 1.85. The van der Waals surface area contributed by atoms with Crippen LogP contribution in [0, 0.1) is 0 Å². The molecule has 0 atom stereocenters. The Morgan fingerprint density at radius 3 is 2.36 bits per heavy atom. The Kier molecular flexibility index (Phi) is 5.81. The summed E-state index contributed by atoms with van der Waals surface area (Å²) in [5.41, 5.74) is 1.87. The first kappa shape index (κ1) is 16.3. The SMILES string of the molecule is COc1ccc(/C=C/C(=S)Nc2ccc(Cl)cc2)cc1OC. The molecule has 1 N–H and O–H groups in total. The van der Waals surface area contributed by atoms with Crippen molar-refractivity contribution in [2.24, 2.45) is 0 Å². The van der Waals surface area contributed by atoms with E-state index in [1.807, 2.05) is 54.6 Å². The third kappa shape index (κ3) is 4.48. The van der Waals surface area contributed by atoms with E-state index in [0.29, 0.717) is 21.5 Å². The van der Waals surface area contributed by atoms with Gasteiger partial charge in [0, 0.05) is 10.7 Å². The summed E-state index contributed by atoms with van der Waals surface area (Å²) >= 11 is 11.1. The average molecular weight is 334 g/mol. The van der Waals surface area contributed by atoms with Crippen LogP contribution < -0.4 is 14.8 Å². The van der Waals surface area contributed by atoms with Crippen LogP contribution in [0.3, 0.4) is 0 Å². The van der Waals surface area contributed by atoms with Crippen molar-refractivity contribution in [3.63, 3.8) is 0 Å². The van der Waals surface area contributed by atoms with E-state index >= 15 is 0 Å². The summed E-state index contributed by atoms with van der Waals surface area (Å²) in [6.45, 7) is 0. The van der Waals surface area contributed by atoms with Crippen LogP contribution in [0.1, 0.15) is 5.56 Å². The van der Waals surface area contributed by atoms with Crippen LogP contribution >= 0.6 is 23.8 Å². The standard InChI is InChI=1S/C17H16ClNO2S/c1-20-15-9-3-12(11-16(15)21-2)4-10-17(22)19-14-7-5-13(18)6-8-14/h3-11H,1-2H3,(H,19,22)/b10-4+. The van der Waals surface area contributed by atoms with Crippen LogP contribution in [-0.2, 0) is 0 Å². The van der Waals surface area contributed by atoms with E-state index < -0.39 is 0 Å². The smallest absolute Gasteiger partial charge is 0.161 e. The lowest BCUT2D eigenvalue weighted by Crippen LogP contribution is -2.04. The van der Waals surface area contributed by atoms with Crippen LogP contribution in [0.2, 0.25) is 5.02 Å². The van der Waals surface area contributed by atoms with Gasteiger partial charge in [-0.3, -0.25) is 0 Å². The van der Waals surface area contributed by atoms with Crippen molar-refractivity contribution in [2.75, 3.05) is 19.5 Å². The Morgan fingerprint density at radius 2 is 1.73 bits per heavy atom. The van der Waals surface area contributed by atoms with Crippen molar-refractivity contribution in [2.45, 2.75) is 0 Å². The average Bonchev–Trinajstić information content (AvgIpc) is 2.54. The molecule has 0 aliphatic carbocycles. The quantitative estimate of drug-likeness (QED) is 0.628. The third-order valence-corrected chi connectivity index (χ3v) is 3.44. The molecule has 0 radical (unpaired) electrons. The summed E-state index contributed by atoms with van der Waals surface area (Å²) in [5, 5.41) is 3.81. The summed E-state index contributed by atoms with van der Waals surface area (Å²) < 4.78 is 10.5. The predicted octanol–water partition coefficient (Wildman–Crippen LogP) is 4.81. The van der Waals surface area contributed by atoms with Gasteiger partial charge < -0.3 is 14.8 Å². The molecule has 0 aliphatic rings. The monoisotopic (exact) mass is 333 g/mol. The lowest BCUT2D eigenvalue weighted by Gasteiger charge is -2.08. The molecule has 0 aromatic heterocycles. The van der Waals surface area contributed by atoms with Crippen LogP contribution in [0.15, 0.2) is 48.5 Å². The molecule has 0 aliphatic heterocycles. The van der Waals surface area contributed by atoms with E-state index in [-0.39, 0.29) is 0 Å². The van der Waals surface area contributed by atoms with Crippen molar-refractivity contribution in [1.29, 1.82) is 0 Å². The number of ether oxygens (including phenoxy) is 2. The lowest BCUT2D eigenvalue weighted by atomic mass is 10.2. The summed E-state index contributed by atoms with van der Waals surface area (Å²) in [6.07, 6.45) is 3.73. The summed E-state index contributed by atoms with van der Waals surface area (Å²) in [7, 11) is 3.22. The molecule has 22 heavy (non-hydrogen) atoms. The van der Waals surface area contributed by atoms with Gasteiger partial charge in [-0.25, -0.2) is 0 Å². The first-order chi connectivity index (χ1) is 10.6. The van der Waals surface area contributed by atoms with Gasteiger partial charge in [0.1, 0.15) is 4.99 Å². The van der Waals surface area contributed by atoms with Gasteiger partial charge in [-0.15, -0.1) is 0 Å². The molecule has 0 saturated carbocycles. The highest BCUT2D eigenvalue weighted by Crippen LogP contribution is 2.28. The number of halogens is 1. The zero-order valence-corrected chi connectivity index (χ0v) is 13.9. The molecular formula is C17H16ClNO2S. The molecule has 3 nitrogen and oxygen atoms in total. The zero-order chi connectivity index (χ0) is 15.9. The first-order valence-electron chi connectivity index (χ1n) is 6.59. The third-order valence-electron chi connectivity index (χ3n) is 2.95. The van der Waals surface area contributed by atoms with E-state index in [1.165, 1.54) is 0 Å². The van der Waals surface area contributed by atoms with E-state index in [1.54, 1.807) is 14.2 Å². The second-order valence-corrected chi connectivity index (χ2v) is 5.32. The molecule has 0 bridgehead atoms. The Labute approximate surface area is 140 Å². The Balaban J connectivity index is 2.04.